The number of hydrogen-bond acceptors (Lipinski definition) is 4. The van der Waals surface area contributed by atoms with Gasteiger partial charge < -0.3 is 10.6 Å². The number of nitrogens with zero attached hydrogens (tertiary/aromatic N) is 1. The van der Waals surface area contributed by atoms with Gasteiger partial charge in [0.15, 0.2) is 0 Å². The summed E-state index contributed by atoms with van der Waals surface area (Å²) in [5.74, 6) is 0. The standard InChI is InChI=1S/C15H25N3O2S/c1-10-8-14(16)12(3)15(11(10)2)21(19,20)17-13-6-5-7-18(4)9-13/h8,13,17H,5-7,9,16H2,1-4H3. The Morgan fingerprint density at radius 2 is 1.95 bits per heavy atom. The molecule has 3 N–H and O–H groups in total. The number of likely N-dealkylation sites (tertiary alicyclic amines) is 1. The van der Waals surface area contributed by atoms with Gasteiger partial charge in [-0.1, -0.05) is 0 Å². The highest BCUT2D eigenvalue weighted by Gasteiger charge is 2.27. The van der Waals surface area contributed by atoms with Gasteiger partial charge >= 0.3 is 0 Å². The lowest BCUT2D eigenvalue weighted by Crippen LogP contribution is -2.46. The second-order valence-corrected chi connectivity index (χ2v) is 7.74. The van der Waals surface area contributed by atoms with Crippen LogP contribution in [0.4, 0.5) is 5.69 Å². The lowest BCUT2D eigenvalue weighted by atomic mass is 10.1. The first-order valence-corrected chi connectivity index (χ1v) is 8.78. The summed E-state index contributed by atoms with van der Waals surface area (Å²) in [5, 5.41) is 0. The zero-order chi connectivity index (χ0) is 15.8. The second kappa shape index (κ2) is 5.94. The van der Waals surface area contributed by atoms with Crippen LogP contribution in [0.3, 0.4) is 0 Å². The first-order valence-electron chi connectivity index (χ1n) is 7.29. The van der Waals surface area contributed by atoms with Gasteiger partial charge in [0, 0.05) is 18.3 Å². The summed E-state index contributed by atoms with van der Waals surface area (Å²) in [6.45, 7) is 7.26. The van der Waals surface area contributed by atoms with Crippen molar-refractivity contribution in [3.05, 3.63) is 22.8 Å². The van der Waals surface area contributed by atoms with Gasteiger partial charge in [-0.25, -0.2) is 13.1 Å². The maximum absolute atomic E-state index is 12.8. The molecule has 0 saturated carbocycles. The number of piperidine rings is 1. The molecule has 6 heteroatoms. The fourth-order valence-electron chi connectivity index (χ4n) is 2.99. The van der Waals surface area contributed by atoms with Gasteiger partial charge in [-0.15, -0.1) is 0 Å². The zero-order valence-electron chi connectivity index (χ0n) is 13.2. The van der Waals surface area contributed by atoms with E-state index >= 15 is 0 Å². The van der Waals surface area contributed by atoms with Crippen molar-refractivity contribution in [1.82, 2.24) is 9.62 Å². The van der Waals surface area contributed by atoms with Gasteiger partial charge in [0.05, 0.1) is 4.90 Å². The molecule has 1 saturated heterocycles. The highest BCUT2D eigenvalue weighted by Crippen LogP contribution is 2.28. The summed E-state index contributed by atoms with van der Waals surface area (Å²) < 4.78 is 28.4. The zero-order valence-corrected chi connectivity index (χ0v) is 14.0. The number of anilines is 1. The van der Waals surface area contributed by atoms with Crippen molar-refractivity contribution >= 4 is 15.7 Å². The van der Waals surface area contributed by atoms with Crippen LogP contribution in [0, 0.1) is 20.8 Å². The van der Waals surface area contributed by atoms with Crippen LogP contribution in [0.5, 0.6) is 0 Å². The number of sulfonamides is 1. The lowest BCUT2D eigenvalue weighted by molar-refractivity contribution is 0.242. The molecule has 1 aliphatic heterocycles. The Morgan fingerprint density at radius 1 is 1.29 bits per heavy atom. The van der Waals surface area contributed by atoms with Crippen molar-refractivity contribution in [2.24, 2.45) is 0 Å². The molecule has 1 unspecified atom stereocenters. The van der Waals surface area contributed by atoms with Crippen LogP contribution < -0.4 is 10.5 Å². The average Bonchev–Trinajstić information content (AvgIpc) is 2.35. The molecule has 0 aromatic heterocycles. The fraction of sp³-hybridized carbons (Fsp3) is 0.600. The first-order chi connectivity index (χ1) is 9.72. The maximum Gasteiger partial charge on any atom is 0.241 e. The molecular formula is C15H25N3O2S. The SMILES string of the molecule is Cc1cc(N)c(C)c(S(=O)(=O)NC2CCCN(C)C2)c1C. The third-order valence-electron chi connectivity index (χ3n) is 4.29. The number of hydrogen-bond donors (Lipinski definition) is 2. The fourth-order valence-corrected chi connectivity index (χ4v) is 4.82. The van der Waals surface area contributed by atoms with Gasteiger partial charge in [0.25, 0.3) is 0 Å². The lowest BCUT2D eigenvalue weighted by Gasteiger charge is -2.30. The summed E-state index contributed by atoms with van der Waals surface area (Å²) in [7, 11) is -1.53. The summed E-state index contributed by atoms with van der Waals surface area (Å²) in [6, 6.07) is 1.80. The number of aryl methyl sites for hydroxylation is 1. The van der Waals surface area contributed by atoms with Crippen LogP contribution in [-0.2, 0) is 10.0 Å². The van der Waals surface area contributed by atoms with Gasteiger partial charge in [-0.3, -0.25) is 0 Å². The molecule has 5 nitrogen and oxygen atoms in total. The highest BCUT2D eigenvalue weighted by atomic mass is 32.2. The Kier molecular flexibility index (Phi) is 4.60. The molecule has 2 rings (SSSR count). The van der Waals surface area contributed by atoms with E-state index in [4.69, 9.17) is 5.73 Å². The van der Waals surface area contributed by atoms with E-state index in [9.17, 15) is 8.42 Å². The number of benzene rings is 1. The van der Waals surface area contributed by atoms with E-state index < -0.39 is 10.0 Å². The van der Waals surface area contributed by atoms with Crippen molar-refractivity contribution in [2.45, 2.75) is 44.6 Å². The molecule has 0 aliphatic carbocycles. The van der Waals surface area contributed by atoms with Gasteiger partial charge in [-0.2, -0.15) is 0 Å². The van der Waals surface area contributed by atoms with Crippen LogP contribution in [0.2, 0.25) is 0 Å². The van der Waals surface area contributed by atoms with Crippen LogP contribution in [0.1, 0.15) is 29.5 Å². The minimum Gasteiger partial charge on any atom is -0.398 e. The number of nitrogens with one attached hydrogen (secondary N) is 1. The number of likely N-dealkylation sites (N-methyl/N-ethyl adjacent to an activating group) is 1. The smallest absolute Gasteiger partial charge is 0.241 e. The highest BCUT2D eigenvalue weighted by molar-refractivity contribution is 7.89. The van der Waals surface area contributed by atoms with E-state index in [-0.39, 0.29) is 6.04 Å². The maximum atomic E-state index is 12.8. The predicted octanol–water partition coefficient (Wildman–Crippen LogP) is 1.57. The molecule has 1 aromatic rings. The quantitative estimate of drug-likeness (QED) is 0.831. The Balaban J connectivity index is 2.36. The molecule has 1 fully saturated rings. The summed E-state index contributed by atoms with van der Waals surface area (Å²) in [6.07, 6.45) is 1.89. The van der Waals surface area contributed by atoms with Crippen LogP contribution in [0.15, 0.2) is 11.0 Å². The molecule has 0 radical (unpaired) electrons. The van der Waals surface area contributed by atoms with E-state index in [1.54, 1.807) is 6.92 Å². The second-order valence-electron chi connectivity index (χ2n) is 6.08. The van der Waals surface area contributed by atoms with E-state index in [1.807, 2.05) is 27.0 Å². The van der Waals surface area contributed by atoms with Gasteiger partial charge in [0.2, 0.25) is 10.0 Å². The number of rotatable bonds is 3. The van der Waals surface area contributed by atoms with E-state index in [1.165, 1.54) is 0 Å². The Bertz CT molecular complexity index is 615. The average molecular weight is 311 g/mol. The molecule has 21 heavy (non-hydrogen) atoms. The van der Waals surface area contributed by atoms with Crippen LogP contribution >= 0.6 is 0 Å². The molecular weight excluding hydrogens is 286 g/mol. The summed E-state index contributed by atoms with van der Waals surface area (Å²) in [4.78, 5) is 2.49. The van der Waals surface area contributed by atoms with Crippen molar-refractivity contribution in [2.75, 3.05) is 25.9 Å². The summed E-state index contributed by atoms with van der Waals surface area (Å²) >= 11 is 0. The van der Waals surface area contributed by atoms with Crippen molar-refractivity contribution in [3.63, 3.8) is 0 Å². The van der Waals surface area contributed by atoms with Crippen molar-refractivity contribution in [3.8, 4) is 0 Å². The summed E-state index contributed by atoms with van der Waals surface area (Å²) in [5.41, 5.74) is 8.78. The molecule has 1 aromatic carbocycles. The van der Waals surface area contributed by atoms with E-state index in [0.717, 1.165) is 37.1 Å². The van der Waals surface area contributed by atoms with E-state index in [0.29, 0.717) is 16.1 Å². The van der Waals surface area contributed by atoms with Crippen molar-refractivity contribution < 1.29 is 8.42 Å². The topological polar surface area (TPSA) is 75.4 Å². The minimum absolute atomic E-state index is 0.0331. The van der Waals surface area contributed by atoms with Crippen LogP contribution in [0.25, 0.3) is 0 Å². The third-order valence-corrected chi connectivity index (χ3v) is 6.09. The number of nitrogen functional groups attached to an aromatic ring is 1. The van der Waals surface area contributed by atoms with Gasteiger partial charge in [0.1, 0.15) is 0 Å². The Morgan fingerprint density at radius 3 is 2.57 bits per heavy atom. The van der Waals surface area contributed by atoms with Crippen molar-refractivity contribution in [1.29, 1.82) is 0 Å². The van der Waals surface area contributed by atoms with E-state index in [2.05, 4.69) is 9.62 Å². The molecule has 118 valence electrons. The molecule has 1 aliphatic rings. The minimum atomic E-state index is -3.55. The van der Waals surface area contributed by atoms with Gasteiger partial charge in [-0.05, 0) is 70.0 Å². The Hall–Kier alpha value is -1.11. The largest absolute Gasteiger partial charge is 0.398 e. The molecule has 0 spiro atoms. The predicted molar refractivity (Wildman–Crippen MR) is 85.9 cm³/mol. The third kappa shape index (κ3) is 3.39. The monoisotopic (exact) mass is 311 g/mol. The molecule has 1 atom stereocenters. The first kappa shape index (κ1) is 16.3. The molecule has 1 heterocycles. The molecule has 0 bridgehead atoms. The Labute approximate surface area is 127 Å². The van der Waals surface area contributed by atoms with Crippen LogP contribution in [-0.4, -0.2) is 39.5 Å². The molecule has 0 amide bonds. The normalized spacial score (nSPS) is 20.7. The number of nitrogens with two attached hydrogens (primary N) is 1.